The molecule has 27 heavy (non-hydrogen) atoms. The molecule has 0 aromatic carbocycles. The topological polar surface area (TPSA) is 20.2 Å². The average molecular weight is 375 g/mol. The Hall–Kier alpha value is -0.0400. The van der Waals surface area contributed by atoms with Gasteiger partial charge in [-0.05, 0) is 111 Å². The molecular weight excluding hydrogens is 328 g/mol. The third-order valence-corrected chi connectivity index (χ3v) is 10.1. The van der Waals surface area contributed by atoms with Crippen molar-refractivity contribution in [1.29, 1.82) is 0 Å². The molecule has 1 N–H and O–H groups in total. The first kappa shape index (κ1) is 20.2. The normalized spacial score (nSPS) is 48.0. The maximum atomic E-state index is 10.1. The predicted molar refractivity (Wildman–Crippen MR) is 114 cm³/mol. The van der Waals surface area contributed by atoms with Crippen molar-refractivity contribution in [3.8, 4) is 0 Å². The van der Waals surface area contributed by atoms with Crippen LogP contribution >= 0.6 is 0 Å². The van der Waals surface area contributed by atoms with E-state index in [0.717, 1.165) is 60.2 Å². The zero-order valence-electron chi connectivity index (χ0n) is 18.6. The van der Waals surface area contributed by atoms with Crippen molar-refractivity contribution in [3.63, 3.8) is 0 Å². The zero-order valence-corrected chi connectivity index (χ0v) is 18.6. The summed E-state index contributed by atoms with van der Waals surface area (Å²) < 4.78 is 0. The third kappa shape index (κ3) is 3.76. The van der Waals surface area contributed by atoms with Crippen molar-refractivity contribution in [1.82, 2.24) is 0 Å². The minimum atomic E-state index is 0.0132. The summed E-state index contributed by atoms with van der Waals surface area (Å²) in [5.74, 6) is 7.63. The molecule has 9 atom stereocenters. The lowest BCUT2D eigenvalue weighted by Gasteiger charge is -2.56. The SMILES string of the molecule is CC(C)CCCC(C)C1CCC2C3CCC4CC(O)CCC4C3CCC12C. The molecule has 0 aromatic heterocycles. The summed E-state index contributed by atoms with van der Waals surface area (Å²) in [6, 6.07) is 0. The van der Waals surface area contributed by atoms with Crippen LogP contribution < -0.4 is 0 Å². The fourth-order valence-electron chi connectivity index (χ4n) is 8.85. The van der Waals surface area contributed by atoms with Crippen LogP contribution in [0.5, 0.6) is 0 Å². The second-order valence-electron chi connectivity index (χ2n) is 11.9. The molecule has 4 fully saturated rings. The van der Waals surface area contributed by atoms with Gasteiger partial charge in [-0.3, -0.25) is 0 Å². The molecule has 4 saturated carbocycles. The smallest absolute Gasteiger partial charge is 0.0543 e. The third-order valence-electron chi connectivity index (χ3n) is 10.1. The first-order valence-corrected chi connectivity index (χ1v) is 12.6. The second kappa shape index (κ2) is 8.00. The summed E-state index contributed by atoms with van der Waals surface area (Å²) in [5.41, 5.74) is 0.638. The fourth-order valence-corrected chi connectivity index (χ4v) is 8.85. The number of rotatable bonds is 5. The van der Waals surface area contributed by atoms with E-state index in [-0.39, 0.29) is 6.10 Å². The van der Waals surface area contributed by atoms with Crippen LogP contribution in [-0.4, -0.2) is 11.2 Å². The first-order valence-electron chi connectivity index (χ1n) is 12.6. The minimum Gasteiger partial charge on any atom is -0.393 e. The quantitative estimate of drug-likeness (QED) is 0.545. The maximum Gasteiger partial charge on any atom is 0.0543 e. The molecule has 0 amide bonds. The van der Waals surface area contributed by atoms with E-state index in [1.54, 1.807) is 0 Å². The van der Waals surface area contributed by atoms with Crippen LogP contribution in [0.3, 0.4) is 0 Å². The molecular formula is C26H46O. The summed E-state index contributed by atoms with van der Waals surface area (Å²) >= 11 is 0. The van der Waals surface area contributed by atoms with Gasteiger partial charge >= 0.3 is 0 Å². The lowest BCUT2D eigenvalue weighted by molar-refractivity contribution is -0.0821. The molecule has 0 bridgehead atoms. The van der Waals surface area contributed by atoms with Crippen molar-refractivity contribution < 1.29 is 5.11 Å². The number of hydrogen-bond acceptors (Lipinski definition) is 1. The summed E-state index contributed by atoms with van der Waals surface area (Å²) in [4.78, 5) is 0. The predicted octanol–water partition coefficient (Wildman–Crippen LogP) is 7.08. The van der Waals surface area contributed by atoms with Crippen molar-refractivity contribution in [2.75, 3.05) is 0 Å². The van der Waals surface area contributed by atoms with Crippen LogP contribution in [0.2, 0.25) is 0 Å². The molecule has 0 heterocycles. The molecule has 4 aliphatic carbocycles. The van der Waals surface area contributed by atoms with E-state index in [0.29, 0.717) is 5.41 Å². The monoisotopic (exact) mass is 374 g/mol. The molecule has 0 saturated heterocycles. The standard InChI is InChI=1S/C26H46O/c1-17(2)6-5-7-18(3)24-12-13-25-23-10-8-19-16-20(27)9-11-21(19)22(23)14-15-26(24,25)4/h17-25,27H,5-16H2,1-4H3. The van der Waals surface area contributed by atoms with Gasteiger partial charge in [0.05, 0.1) is 6.10 Å². The van der Waals surface area contributed by atoms with Gasteiger partial charge in [-0.1, -0.05) is 47.0 Å². The fraction of sp³-hybridized carbons (Fsp3) is 1.00. The van der Waals surface area contributed by atoms with Crippen LogP contribution in [0, 0.1) is 52.8 Å². The first-order chi connectivity index (χ1) is 12.9. The lowest BCUT2D eigenvalue weighted by Crippen LogP contribution is -2.49. The Morgan fingerprint density at radius 1 is 0.852 bits per heavy atom. The highest BCUT2D eigenvalue weighted by Gasteiger charge is 2.57. The molecule has 1 nitrogen and oxygen atoms in total. The lowest BCUT2D eigenvalue weighted by atomic mass is 9.49. The van der Waals surface area contributed by atoms with Crippen LogP contribution in [0.15, 0.2) is 0 Å². The van der Waals surface area contributed by atoms with Crippen LogP contribution in [0.25, 0.3) is 0 Å². The van der Waals surface area contributed by atoms with Gasteiger partial charge in [0.1, 0.15) is 0 Å². The van der Waals surface area contributed by atoms with Crippen molar-refractivity contribution in [2.24, 2.45) is 52.8 Å². The van der Waals surface area contributed by atoms with Crippen LogP contribution in [0.1, 0.15) is 105 Å². The van der Waals surface area contributed by atoms with Gasteiger partial charge in [0.25, 0.3) is 0 Å². The van der Waals surface area contributed by atoms with E-state index in [9.17, 15) is 5.11 Å². The van der Waals surface area contributed by atoms with E-state index in [1.165, 1.54) is 64.2 Å². The minimum absolute atomic E-state index is 0.0132. The Labute approximate surface area is 169 Å². The highest BCUT2D eigenvalue weighted by Crippen LogP contribution is 2.65. The molecule has 4 rings (SSSR count). The Morgan fingerprint density at radius 2 is 1.63 bits per heavy atom. The van der Waals surface area contributed by atoms with E-state index in [2.05, 4.69) is 27.7 Å². The highest BCUT2D eigenvalue weighted by atomic mass is 16.3. The van der Waals surface area contributed by atoms with Crippen molar-refractivity contribution in [3.05, 3.63) is 0 Å². The number of aliphatic hydroxyl groups is 1. The summed E-state index contributed by atoms with van der Waals surface area (Å²) in [6.07, 6.45) is 16.8. The van der Waals surface area contributed by atoms with Gasteiger partial charge in [0.15, 0.2) is 0 Å². The maximum absolute atomic E-state index is 10.1. The number of aliphatic hydroxyl groups excluding tert-OH is 1. The Bertz CT molecular complexity index is 498. The van der Waals surface area contributed by atoms with Gasteiger partial charge in [0, 0.05) is 0 Å². The summed E-state index contributed by atoms with van der Waals surface area (Å²) in [6.45, 7) is 10.0. The van der Waals surface area contributed by atoms with E-state index < -0.39 is 0 Å². The summed E-state index contributed by atoms with van der Waals surface area (Å²) in [5, 5.41) is 10.1. The van der Waals surface area contributed by atoms with Gasteiger partial charge in [0.2, 0.25) is 0 Å². The number of hydrogen-bond donors (Lipinski definition) is 1. The van der Waals surface area contributed by atoms with Gasteiger partial charge in [-0.2, -0.15) is 0 Å². The van der Waals surface area contributed by atoms with Gasteiger partial charge in [-0.15, -0.1) is 0 Å². The zero-order chi connectivity index (χ0) is 19.2. The molecule has 0 spiro atoms. The van der Waals surface area contributed by atoms with Gasteiger partial charge in [-0.25, -0.2) is 0 Å². The molecule has 4 aliphatic rings. The highest BCUT2D eigenvalue weighted by molar-refractivity contribution is 5.06. The summed E-state index contributed by atoms with van der Waals surface area (Å²) in [7, 11) is 0. The second-order valence-corrected chi connectivity index (χ2v) is 11.9. The largest absolute Gasteiger partial charge is 0.393 e. The van der Waals surface area contributed by atoms with E-state index in [4.69, 9.17) is 0 Å². The molecule has 1 heteroatoms. The van der Waals surface area contributed by atoms with Crippen LogP contribution in [0.4, 0.5) is 0 Å². The van der Waals surface area contributed by atoms with Gasteiger partial charge < -0.3 is 5.11 Å². The molecule has 156 valence electrons. The average Bonchev–Trinajstić information content (AvgIpc) is 2.98. The molecule has 0 radical (unpaired) electrons. The molecule has 9 unspecified atom stereocenters. The van der Waals surface area contributed by atoms with E-state index >= 15 is 0 Å². The Balaban J connectivity index is 1.42. The van der Waals surface area contributed by atoms with Crippen molar-refractivity contribution >= 4 is 0 Å². The van der Waals surface area contributed by atoms with E-state index in [1.807, 2.05) is 0 Å². The van der Waals surface area contributed by atoms with Crippen LogP contribution in [-0.2, 0) is 0 Å². The Morgan fingerprint density at radius 3 is 2.41 bits per heavy atom. The Kier molecular flexibility index (Phi) is 6.00. The molecule has 0 aromatic rings. The molecule has 0 aliphatic heterocycles. The van der Waals surface area contributed by atoms with Crippen molar-refractivity contribution in [2.45, 2.75) is 111 Å². The number of fused-ring (bicyclic) bond motifs is 5.